The first kappa shape index (κ1) is 13.9. The highest BCUT2D eigenvalue weighted by Gasteiger charge is 2.31. The van der Waals surface area contributed by atoms with E-state index in [4.69, 9.17) is 10.5 Å². The molecule has 1 aliphatic rings. The summed E-state index contributed by atoms with van der Waals surface area (Å²) < 4.78 is 5.79. The van der Waals surface area contributed by atoms with Crippen molar-refractivity contribution in [3.8, 4) is 5.75 Å². The third-order valence-corrected chi connectivity index (χ3v) is 3.42. The number of nitrogens with two attached hydrogens (primary N) is 1. The van der Waals surface area contributed by atoms with Crippen molar-refractivity contribution < 1.29 is 9.53 Å². The van der Waals surface area contributed by atoms with Gasteiger partial charge in [0.05, 0.1) is 13.1 Å². The standard InChI is InChI=1S/C15H22N2O2/c1-11-3-4-12(2)14(9-11)19-8-7-17(13-5-6-13)15(18)10-16/h3-4,9,13H,5-8,10,16H2,1-2H3. The predicted molar refractivity (Wildman–Crippen MR) is 75.2 cm³/mol. The van der Waals surface area contributed by atoms with E-state index in [1.807, 2.05) is 30.9 Å². The van der Waals surface area contributed by atoms with Crippen molar-refractivity contribution in [2.75, 3.05) is 19.7 Å². The van der Waals surface area contributed by atoms with Gasteiger partial charge in [-0.25, -0.2) is 0 Å². The lowest BCUT2D eigenvalue weighted by Gasteiger charge is -2.22. The summed E-state index contributed by atoms with van der Waals surface area (Å²) in [6, 6.07) is 6.53. The molecule has 0 aromatic heterocycles. The first-order chi connectivity index (χ1) is 9.11. The van der Waals surface area contributed by atoms with Crippen LogP contribution in [0.4, 0.5) is 0 Å². The minimum absolute atomic E-state index is 0.0204. The molecule has 0 saturated heterocycles. The van der Waals surface area contributed by atoms with Crippen LogP contribution in [-0.2, 0) is 4.79 Å². The summed E-state index contributed by atoms with van der Waals surface area (Å²) in [6.45, 7) is 5.29. The maximum Gasteiger partial charge on any atom is 0.236 e. The topological polar surface area (TPSA) is 55.6 Å². The largest absolute Gasteiger partial charge is 0.491 e. The normalized spacial score (nSPS) is 14.3. The Morgan fingerprint density at radius 2 is 2.16 bits per heavy atom. The van der Waals surface area contributed by atoms with Gasteiger partial charge in [0.1, 0.15) is 12.4 Å². The van der Waals surface area contributed by atoms with Crippen molar-refractivity contribution in [2.45, 2.75) is 32.7 Å². The van der Waals surface area contributed by atoms with Gasteiger partial charge >= 0.3 is 0 Å². The van der Waals surface area contributed by atoms with Crippen molar-refractivity contribution in [1.82, 2.24) is 4.90 Å². The van der Waals surface area contributed by atoms with Crippen molar-refractivity contribution in [1.29, 1.82) is 0 Å². The summed E-state index contributed by atoms with van der Waals surface area (Å²) in [5.41, 5.74) is 7.73. The Kier molecular flexibility index (Phi) is 4.43. The average molecular weight is 262 g/mol. The molecule has 1 aromatic rings. The third-order valence-electron chi connectivity index (χ3n) is 3.42. The van der Waals surface area contributed by atoms with Crippen LogP contribution in [0.1, 0.15) is 24.0 Å². The fourth-order valence-electron chi connectivity index (χ4n) is 2.13. The number of hydrogen-bond acceptors (Lipinski definition) is 3. The number of carbonyl (C=O) groups is 1. The number of ether oxygens (including phenoxy) is 1. The first-order valence-corrected chi connectivity index (χ1v) is 6.81. The Labute approximate surface area is 114 Å². The van der Waals surface area contributed by atoms with Crippen LogP contribution in [0.25, 0.3) is 0 Å². The van der Waals surface area contributed by atoms with Crippen LogP contribution in [0.2, 0.25) is 0 Å². The molecular weight excluding hydrogens is 240 g/mol. The summed E-state index contributed by atoms with van der Waals surface area (Å²) >= 11 is 0. The number of nitrogens with zero attached hydrogens (tertiary/aromatic N) is 1. The molecule has 4 heteroatoms. The molecule has 1 fully saturated rings. The highest BCUT2D eigenvalue weighted by atomic mass is 16.5. The van der Waals surface area contributed by atoms with Crippen LogP contribution >= 0.6 is 0 Å². The Bertz CT molecular complexity index is 455. The molecule has 104 valence electrons. The van der Waals surface area contributed by atoms with Crippen LogP contribution in [0.15, 0.2) is 18.2 Å². The lowest BCUT2D eigenvalue weighted by molar-refractivity contribution is -0.130. The molecule has 0 unspecified atom stereocenters. The third kappa shape index (κ3) is 3.70. The summed E-state index contributed by atoms with van der Waals surface area (Å²) in [5.74, 6) is 0.919. The monoisotopic (exact) mass is 262 g/mol. The summed E-state index contributed by atoms with van der Waals surface area (Å²) in [4.78, 5) is 13.6. The molecule has 0 spiro atoms. The maximum absolute atomic E-state index is 11.7. The fraction of sp³-hybridized carbons (Fsp3) is 0.533. The highest BCUT2D eigenvalue weighted by Crippen LogP contribution is 2.26. The zero-order valence-corrected chi connectivity index (χ0v) is 11.7. The number of rotatable bonds is 6. The van der Waals surface area contributed by atoms with Crippen molar-refractivity contribution >= 4 is 5.91 Å². The van der Waals surface area contributed by atoms with Crippen LogP contribution in [0.5, 0.6) is 5.75 Å². The smallest absolute Gasteiger partial charge is 0.236 e. The minimum atomic E-state index is 0.0204. The van der Waals surface area contributed by atoms with E-state index in [0.717, 1.165) is 24.2 Å². The van der Waals surface area contributed by atoms with Gasteiger partial charge < -0.3 is 15.4 Å². The number of aryl methyl sites for hydroxylation is 2. The van der Waals surface area contributed by atoms with E-state index < -0.39 is 0 Å². The zero-order chi connectivity index (χ0) is 13.8. The molecule has 1 amide bonds. The van der Waals surface area contributed by atoms with E-state index >= 15 is 0 Å². The molecule has 2 rings (SSSR count). The molecule has 0 bridgehead atoms. The highest BCUT2D eigenvalue weighted by molar-refractivity contribution is 5.78. The van der Waals surface area contributed by atoms with E-state index in [2.05, 4.69) is 6.07 Å². The predicted octanol–water partition coefficient (Wildman–Crippen LogP) is 1.63. The van der Waals surface area contributed by atoms with Gasteiger partial charge in [0.2, 0.25) is 5.91 Å². The van der Waals surface area contributed by atoms with Crippen molar-refractivity contribution in [3.05, 3.63) is 29.3 Å². The van der Waals surface area contributed by atoms with E-state index in [9.17, 15) is 4.79 Å². The fourth-order valence-corrected chi connectivity index (χ4v) is 2.13. The second-order valence-electron chi connectivity index (χ2n) is 5.14. The van der Waals surface area contributed by atoms with E-state index in [1.54, 1.807) is 0 Å². The molecule has 0 atom stereocenters. The van der Waals surface area contributed by atoms with Gasteiger partial charge in [-0.1, -0.05) is 12.1 Å². The molecule has 0 aliphatic heterocycles. The Hall–Kier alpha value is -1.55. The Morgan fingerprint density at radius 1 is 1.42 bits per heavy atom. The molecule has 0 heterocycles. The van der Waals surface area contributed by atoms with E-state index in [0.29, 0.717) is 19.2 Å². The van der Waals surface area contributed by atoms with Gasteiger partial charge in [0.25, 0.3) is 0 Å². The number of carbonyl (C=O) groups excluding carboxylic acids is 1. The molecule has 1 aliphatic carbocycles. The quantitative estimate of drug-likeness (QED) is 0.847. The zero-order valence-electron chi connectivity index (χ0n) is 11.7. The summed E-state index contributed by atoms with van der Waals surface area (Å²) in [5, 5.41) is 0. The number of amides is 1. The Balaban J connectivity index is 1.88. The first-order valence-electron chi connectivity index (χ1n) is 6.81. The second-order valence-corrected chi connectivity index (χ2v) is 5.14. The number of benzene rings is 1. The number of hydrogen-bond donors (Lipinski definition) is 1. The minimum Gasteiger partial charge on any atom is -0.491 e. The molecule has 1 saturated carbocycles. The lowest BCUT2D eigenvalue weighted by atomic mass is 10.1. The van der Waals surface area contributed by atoms with Gasteiger partial charge in [-0.3, -0.25) is 4.79 Å². The molecule has 19 heavy (non-hydrogen) atoms. The lowest BCUT2D eigenvalue weighted by Crippen LogP contribution is -2.40. The van der Waals surface area contributed by atoms with E-state index in [-0.39, 0.29) is 12.5 Å². The van der Waals surface area contributed by atoms with Crippen LogP contribution < -0.4 is 10.5 Å². The van der Waals surface area contributed by atoms with E-state index in [1.165, 1.54) is 5.56 Å². The second kappa shape index (κ2) is 6.06. The van der Waals surface area contributed by atoms with Gasteiger partial charge in [0.15, 0.2) is 0 Å². The van der Waals surface area contributed by atoms with Crippen molar-refractivity contribution in [3.63, 3.8) is 0 Å². The SMILES string of the molecule is Cc1ccc(C)c(OCCN(C(=O)CN)C2CC2)c1. The van der Waals surface area contributed by atoms with Crippen LogP contribution in [0.3, 0.4) is 0 Å². The molecule has 1 aromatic carbocycles. The van der Waals surface area contributed by atoms with Crippen molar-refractivity contribution in [2.24, 2.45) is 5.73 Å². The van der Waals surface area contributed by atoms with Crippen LogP contribution in [-0.4, -0.2) is 36.5 Å². The molecule has 0 radical (unpaired) electrons. The van der Waals surface area contributed by atoms with Gasteiger partial charge in [0, 0.05) is 6.04 Å². The maximum atomic E-state index is 11.7. The summed E-state index contributed by atoms with van der Waals surface area (Å²) in [6.07, 6.45) is 2.18. The summed E-state index contributed by atoms with van der Waals surface area (Å²) in [7, 11) is 0. The molecular formula is C15H22N2O2. The Morgan fingerprint density at radius 3 is 2.79 bits per heavy atom. The van der Waals surface area contributed by atoms with Gasteiger partial charge in [-0.2, -0.15) is 0 Å². The molecule has 2 N–H and O–H groups in total. The van der Waals surface area contributed by atoms with Gasteiger partial charge in [-0.15, -0.1) is 0 Å². The molecule has 4 nitrogen and oxygen atoms in total. The van der Waals surface area contributed by atoms with Gasteiger partial charge in [-0.05, 0) is 43.9 Å². The average Bonchev–Trinajstić information content (AvgIpc) is 3.22. The van der Waals surface area contributed by atoms with Crippen LogP contribution in [0, 0.1) is 13.8 Å².